The molecule has 1 aliphatic rings. The molecule has 210 valence electrons. The maximum absolute atomic E-state index is 14.1. The molecule has 2 atom stereocenters. The summed E-state index contributed by atoms with van der Waals surface area (Å²) in [6, 6.07) is 4.65. The van der Waals surface area contributed by atoms with Gasteiger partial charge in [-0.15, -0.1) is 0 Å². The number of halogens is 6. The minimum atomic E-state index is -5.03. The molecule has 0 amide bonds. The average molecular weight is 569 g/mol. The van der Waals surface area contributed by atoms with Crippen LogP contribution in [0.2, 0.25) is 0 Å². The van der Waals surface area contributed by atoms with Crippen molar-refractivity contribution in [3.05, 3.63) is 47.8 Å². The second kappa shape index (κ2) is 10.6. The van der Waals surface area contributed by atoms with E-state index < -0.39 is 80.8 Å². The monoisotopic (exact) mass is 568 g/mol. The van der Waals surface area contributed by atoms with Crippen LogP contribution >= 0.6 is 0 Å². The summed E-state index contributed by atoms with van der Waals surface area (Å²) in [5.41, 5.74) is -1.65. The smallest absolute Gasteiger partial charge is 0.420 e. The molecule has 0 unspecified atom stereocenters. The maximum atomic E-state index is 14.1. The topological polar surface area (TPSA) is 87.2 Å². The summed E-state index contributed by atoms with van der Waals surface area (Å²) >= 11 is 0. The molecule has 3 rings (SSSR count). The van der Waals surface area contributed by atoms with Crippen LogP contribution in [-0.4, -0.2) is 56.0 Å². The van der Waals surface area contributed by atoms with E-state index in [1.165, 1.54) is 24.0 Å². The van der Waals surface area contributed by atoms with Crippen molar-refractivity contribution < 1.29 is 49.4 Å². The number of sulfonamides is 1. The molecule has 38 heavy (non-hydrogen) atoms. The van der Waals surface area contributed by atoms with E-state index in [1.807, 2.05) is 0 Å². The molecule has 0 aliphatic carbocycles. The van der Waals surface area contributed by atoms with Gasteiger partial charge in [0.2, 0.25) is 15.9 Å². The van der Waals surface area contributed by atoms with Crippen LogP contribution in [0, 0.1) is 11.7 Å². The third-order valence-corrected chi connectivity index (χ3v) is 8.13. The number of anilines is 2. The molecule has 0 bridgehead atoms. The van der Waals surface area contributed by atoms with Crippen molar-refractivity contribution in [2.75, 3.05) is 25.1 Å². The molecule has 2 aromatic carbocycles. The predicted octanol–water partition coefficient (Wildman–Crippen LogP) is 5.52. The molecule has 0 spiro atoms. The molecule has 14 heteroatoms. The lowest BCUT2D eigenvalue weighted by Crippen LogP contribution is -2.41. The largest absolute Gasteiger partial charge is 0.492 e. The Kier molecular flexibility index (Phi) is 8.27. The summed E-state index contributed by atoms with van der Waals surface area (Å²) in [7, 11) is -3.42. The Bertz CT molecular complexity index is 1280. The van der Waals surface area contributed by atoms with Gasteiger partial charge in [-0.3, -0.25) is 4.79 Å². The molecule has 1 heterocycles. The highest BCUT2D eigenvalue weighted by Gasteiger charge is 2.42. The molecule has 0 aromatic heterocycles. The van der Waals surface area contributed by atoms with E-state index in [0.29, 0.717) is 19.1 Å². The van der Waals surface area contributed by atoms with E-state index in [0.717, 1.165) is 23.5 Å². The zero-order valence-electron chi connectivity index (χ0n) is 20.6. The van der Waals surface area contributed by atoms with Crippen molar-refractivity contribution in [1.82, 2.24) is 4.31 Å². The number of fused-ring (bicyclic) bond motifs is 1. The fourth-order valence-electron chi connectivity index (χ4n) is 3.93. The number of benzene rings is 2. The quantitative estimate of drug-likeness (QED) is 0.422. The molecule has 0 fully saturated rings. The van der Waals surface area contributed by atoms with Crippen LogP contribution in [-0.2, 0) is 21.0 Å². The highest BCUT2D eigenvalue weighted by molar-refractivity contribution is 7.89. The lowest BCUT2D eigenvalue weighted by atomic mass is 10.1. The predicted molar refractivity (Wildman–Crippen MR) is 126 cm³/mol. The zero-order valence-corrected chi connectivity index (χ0v) is 21.4. The minimum absolute atomic E-state index is 0.132. The Morgan fingerprint density at radius 2 is 1.76 bits per heavy atom. The Morgan fingerprint density at radius 3 is 2.29 bits per heavy atom. The number of carboxylic acid groups (broad SMARTS) is 1. The van der Waals surface area contributed by atoms with Crippen molar-refractivity contribution >= 4 is 27.4 Å². The zero-order chi connectivity index (χ0) is 28.6. The second-order valence-electron chi connectivity index (χ2n) is 9.24. The summed E-state index contributed by atoms with van der Waals surface area (Å²) < 4.78 is 116. The van der Waals surface area contributed by atoms with Crippen LogP contribution in [0.1, 0.15) is 32.3 Å². The van der Waals surface area contributed by atoms with E-state index in [-0.39, 0.29) is 18.7 Å². The van der Waals surface area contributed by atoms with E-state index in [2.05, 4.69) is 0 Å². The second-order valence-corrected chi connectivity index (χ2v) is 11.2. The summed E-state index contributed by atoms with van der Waals surface area (Å²) in [5.74, 6) is -7.22. The van der Waals surface area contributed by atoms with Crippen LogP contribution in [0.4, 0.5) is 37.7 Å². The number of aliphatic carboxylic acids is 1. The van der Waals surface area contributed by atoms with Gasteiger partial charge in [0.05, 0.1) is 17.2 Å². The van der Waals surface area contributed by atoms with Crippen molar-refractivity contribution in [3.8, 4) is 5.75 Å². The lowest BCUT2D eigenvalue weighted by Gasteiger charge is -2.30. The van der Waals surface area contributed by atoms with Crippen LogP contribution in [0.3, 0.4) is 0 Å². The van der Waals surface area contributed by atoms with Crippen LogP contribution < -0.4 is 9.64 Å². The standard InChI is InChI=1S/C24H26F6N2O5S/c1-14(22(33)34)13-37-20-11-21-19(10-18(20)24(28,29)30)32(16-6-4-15(25)5-7-16)12-17(8-9-23(2,26)27)31(3)38(21,35)36/h4-7,10-11,14,17H,8-9,12-13H2,1-3H3,(H,33,34)/t14-,17-/m1/s1. The number of hydrogen-bond donors (Lipinski definition) is 1. The van der Waals surface area contributed by atoms with Gasteiger partial charge in [-0.05, 0) is 50.6 Å². The number of ether oxygens (including phenoxy) is 1. The van der Waals surface area contributed by atoms with Crippen molar-refractivity contribution in [2.24, 2.45) is 5.92 Å². The lowest BCUT2D eigenvalue weighted by molar-refractivity contribution is -0.142. The van der Waals surface area contributed by atoms with Gasteiger partial charge in [0.25, 0.3) is 0 Å². The minimum Gasteiger partial charge on any atom is -0.492 e. The number of alkyl halides is 5. The van der Waals surface area contributed by atoms with Crippen LogP contribution in [0.5, 0.6) is 5.75 Å². The van der Waals surface area contributed by atoms with Gasteiger partial charge in [-0.1, -0.05) is 0 Å². The molecule has 0 radical (unpaired) electrons. The van der Waals surface area contributed by atoms with Crippen molar-refractivity contribution in [1.29, 1.82) is 0 Å². The molecular weight excluding hydrogens is 542 g/mol. The van der Waals surface area contributed by atoms with Crippen LogP contribution in [0.15, 0.2) is 41.3 Å². The SMILES string of the molecule is C[C@H](COc1cc2c(cc1C(F)(F)F)N(c1ccc(F)cc1)C[C@@H](CCC(C)(F)F)N(C)S2(=O)=O)C(=O)O. The first-order valence-corrected chi connectivity index (χ1v) is 12.9. The molecular formula is C24H26F6N2O5S. The number of rotatable bonds is 8. The number of likely N-dealkylation sites (N-methyl/N-ethyl adjacent to an activating group) is 1. The summed E-state index contributed by atoms with van der Waals surface area (Å²) in [4.78, 5) is 11.7. The van der Waals surface area contributed by atoms with Gasteiger partial charge in [-0.2, -0.15) is 17.5 Å². The number of hydrogen-bond acceptors (Lipinski definition) is 5. The molecule has 1 aliphatic heterocycles. The van der Waals surface area contributed by atoms with Crippen LogP contribution in [0.25, 0.3) is 0 Å². The number of carboxylic acids is 1. The van der Waals surface area contributed by atoms with Gasteiger partial charge < -0.3 is 14.7 Å². The normalized spacial score (nSPS) is 19.0. The highest BCUT2D eigenvalue weighted by Crippen LogP contribution is 2.46. The number of nitrogens with zero attached hydrogens (tertiary/aromatic N) is 2. The van der Waals surface area contributed by atoms with E-state index >= 15 is 0 Å². The first-order chi connectivity index (χ1) is 17.4. The molecule has 0 saturated heterocycles. The first-order valence-electron chi connectivity index (χ1n) is 11.4. The fraction of sp³-hybridized carbons (Fsp3) is 0.458. The average Bonchev–Trinajstić information content (AvgIpc) is 2.88. The fourth-order valence-corrected chi connectivity index (χ4v) is 5.49. The molecule has 2 aromatic rings. The Labute approximate surface area is 215 Å². The third-order valence-electron chi connectivity index (χ3n) is 6.19. The Balaban J connectivity index is 2.25. The van der Waals surface area contributed by atoms with Crippen molar-refractivity contribution in [3.63, 3.8) is 0 Å². The Morgan fingerprint density at radius 1 is 1.16 bits per heavy atom. The van der Waals surface area contributed by atoms with Gasteiger partial charge >= 0.3 is 12.1 Å². The third kappa shape index (κ3) is 6.52. The molecule has 0 saturated carbocycles. The summed E-state index contributed by atoms with van der Waals surface area (Å²) in [5, 5.41) is 9.06. The number of carbonyl (C=O) groups is 1. The maximum Gasteiger partial charge on any atom is 0.420 e. The Hall–Kier alpha value is -3.00. The van der Waals surface area contributed by atoms with E-state index in [9.17, 15) is 39.6 Å². The summed E-state index contributed by atoms with van der Waals surface area (Å²) in [6.45, 7) is 0.886. The van der Waals surface area contributed by atoms with E-state index in [1.54, 1.807) is 0 Å². The van der Waals surface area contributed by atoms with Gasteiger partial charge in [0, 0.05) is 37.8 Å². The highest BCUT2D eigenvalue weighted by atomic mass is 32.2. The van der Waals surface area contributed by atoms with Gasteiger partial charge in [0.1, 0.15) is 23.1 Å². The van der Waals surface area contributed by atoms with E-state index in [4.69, 9.17) is 9.84 Å². The molecule has 7 nitrogen and oxygen atoms in total. The van der Waals surface area contributed by atoms with Gasteiger partial charge in [-0.25, -0.2) is 21.6 Å². The summed E-state index contributed by atoms with van der Waals surface area (Å²) in [6.07, 6.45) is -6.05. The molecule has 1 N–H and O–H groups in total. The van der Waals surface area contributed by atoms with Gasteiger partial charge in [0.15, 0.2) is 0 Å². The van der Waals surface area contributed by atoms with Crippen molar-refractivity contribution in [2.45, 2.75) is 49.7 Å². The first kappa shape index (κ1) is 29.6.